The first-order chi connectivity index (χ1) is 13.3. The minimum atomic E-state index is -2.56. The number of halogens is 2. The van der Waals surface area contributed by atoms with Crippen LogP contribution in [0.3, 0.4) is 0 Å². The van der Waals surface area contributed by atoms with Crippen molar-refractivity contribution in [3.63, 3.8) is 0 Å². The molecule has 0 aliphatic rings. The van der Waals surface area contributed by atoms with Crippen molar-refractivity contribution in [2.24, 2.45) is 5.92 Å². The van der Waals surface area contributed by atoms with Crippen molar-refractivity contribution in [1.29, 1.82) is 0 Å². The Hall–Kier alpha value is -2.83. The van der Waals surface area contributed by atoms with Crippen molar-refractivity contribution >= 4 is 11.8 Å². The predicted molar refractivity (Wildman–Crippen MR) is 103 cm³/mol. The van der Waals surface area contributed by atoms with Gasteiger partial charge in [-0.1, -0.05) is 32.0 Å². The highest BCUT2D eigenvalue weighted by Crippen LogP contribution is 2.22. The molecule has 0 spiro atoms. The van der Waals surface area contributed by atoms with Crippen LogP contribution in [-0.4, -0.2) is 23.3 Å². The standard InChI is InChI=1S/C21H25F2N3O2/c1-13(2)20(27)25-11-9-18-17(8-5-10-24-18)21(28)26-14(3)15-6-4-7-16(12-15)19(22)23/h4-8,10,12-14,19H,9,11H2,1-3H3,(H,25,27)(H,26,28). The van der Waals surface area contributed by atoms with Gasteiger partial charge < -0.3 is 10.6 Å². The molecule has 0 fully saturated rings. The molecular formula is C21H25F2N3O2. The number of amides is 2. The summed E-state index contributed by atoms with van der Waals surface area (Å²) < 4.78 is 25.8. The minimum Gasteiger partial charge on any atom is -0.355 e. The molecule has 0 bridgehead atoms. The summed E-state index contributed by atoms with van der Waals surface area (Å²) in [5.41, 5.74) is 1.48. The number of hydrogen-bond donors (Lipinski definition) is 2. The van der Waals surface area contributed by atoms with Crippen LogP contribution in [0.15, 0.2) is 42.6 Å². The lowest BCUT2D eigenvalue weighted by atomic mass is 10.0. The quantitative estimate of drug-likeness (QED) is 0.721. The molecule has 2 N–H and O–H groups in total. The first-order valence-electron chi connectivity index (χ1n) is 9.20. The maximum atomic E-state index is 12.9. The largest absolute Gasteiger partial charge is 0.355 e. The van der Waals surface area contributed by atoms with E-state index in [0.29, 0.717) is 29.8 Å². The van der Waals surface area contributed by atoms with E-state index in [1.807, 2.05) is 0 Å². The number of pyridine rings is 1. The Kier molecular flexibility index (Phi) is 7.61. The fourth-order valence-electron chi connectivity index (χ4n) is 2.67. The van der Waals surface area contributed by atoms with Gasteiger partial charge in [0.2, 0.25) is 5.91 Å². The van der Waals surface area contributed by atoms with E-state index in [-0.39, 0.29) is 23.3 Å². The van der Waals surface area contributed by atoms with E-state index in [1.54, 1.807) is 51.2 Å². The zero-order valence-corrected chi connectivity index (χ0v) is 16.2. The van der Waals surface area contributed by atoms with Gasteiger partial charge >= 0.3 is 0 Å². The van der Waals surface area contributed by atoms with E-state index in [2.05, 4.69) is 15.6 Å². The van der Waals surface area contributed by atoms with Gasteiger partial charge in [-0.15, -0.1) is 0 Å². The van der Waals surface area contributed by atoms with Gasteiger partial charge in [0.1, 0.15) is 0 Å². The molecule has 0 radical (unpaired) electrons. The third-order valence-electron chi connectivity index (χ3n) is 4.33. The number of aromatic nitrogens is 1. The molecule has 1 unspecified atom stereocenters. The second-order valence-corrected chi connectivity index (χ2v) is 6.86. The average molecular weight is 389 g/mol. The summed E-state index contributed by atoms with van der Waals surface area (Å²) >= 11 is 0. The molecule has 1 atom stereocenters. The van der Waals surface area contributed by atoms with Crippen LogP contribution in [0.2, 0.25) is 0 Å². The van der Waals surface area contributed by atoms with E-state index >= 15 is 0 Å². The SMILES string of the molecule is CC(C)C(=O)NCCc1ncccc1C(=O)NC(C)c1cccc(C(F)F)c1. The van der Waals surface area contributed by atoms with E-state index in [4.69, 9.17) is 0 Å². The van der Waals surface area contributed by atoms with Gasteiger partial charge in [0.25, 0.3) is 12.3 Å². The Morgan fingerprint density at radius 2 is 1.79 bits per heavy atom. The predicted octanol–water partition coefficient (Wildman–Crippen LogP) is 3.82. The summed E-state index contributed by atoms with van der Waals surface area (Å²) in [6.07, 6.45) is -0.558. The van der Waals surface area contributed by atoms with Crippen molar-refractivity contribution in [2.45, 2.75) is 39.7 Å². The summed E-state index contributed by atoms with van der Waals surface area (Å²) in [7, 11) is 0. The molecule has 1 aromatic heterocycles. The lowest BCUT2D eigenvalue weighted by molar-refractivity contribution is -0.123. The lowest BCUT2D eigenvalue weighted by Crippen LogP contribution is -2.31. The molecule has 1 aromatic carbocycles. The zero-order chi connectivity index (χ0) is 20.7. The summed E-state index contributed by atoms with van der Waals surface area (Å²) in [6, 6.07) is 8.86. The number of carbonyl (C=O) groups excluding carboxylic acids is 2. The van der Waals surface area contributed by atoms with Crippen LogP contribution in [0.1, 0.15) is 60.4 Å². The first-order valence-corrected chi connectivity index (χ1v) is 9.20. The van der Waals surface area contributed by atoms with Crippen LogP contribution in [0.25, 0.3) is 0 Å². The molecule has 0 saturated carbocycles. The molecular weight excluding hydrogens is 364 g/mol. The maximum Gasteiger partial charge on any atom is 0.263 e. The van der Waals surface area contributed by atoms with Crippen LogP contribution in [0.4, 0.5) is 8.78 Å². The van der Waals surface area contributed by atoms with Gasteiger partial charge in [0, 0.05) is 30.6 Å². The molecule has 0 aliphatic heterocycles. The van der Waals surface area contributed by atoms with Crippen LogP contribution in [0, 0.1) is 5.92 Å². The Balaban J connectivity index is 2.06. The van der Waals surface area contributed by atoms with Crippen molar-refractivity contribution < 1.29 is 18.4 Å². The molecule has 28 heavy (non-hydrogen) atoms. The normalized spacial score (nSPS) is 12.1. The van der Waals surface area contributed by atoms with E-state index in [1.165, 1.54) is 12.1 Å². The topological polar surface area (TPSA) is 71.1 Å². The molecule has 0 aliphatic carbocycles. The fraction of sp³-hybridized carbons (Fsp3) is 0.381. The van der Waals surface area contributed by atoms with Gasteiger partial charge in [0.15, 0.2) is 0 Å². The van der Waals surface area contributed by atoms with Crippen molar-refractivity contribution in [3.8, 4) is 0 Å². The van der Waals surface area contributed by atoms with E-state index in [0.717, 1.165) is 0 Å². The highest BCUT2D eigenvalue weighted by atomic mass is 19.3. The lowest BCUT2D eigenvalue weighted by Gasteiger charge is -2.17. The van der Waals surface area contributed by atoms with E-state index < -0.39 is 12.5 Å². The molecule has 2 rings (SSSR count). The highest BCUT2D eigenvalue weighted by Gasteiger charge is 2.17. The van der Waals surface area contributed by atoms with Gasteiger partial charge in [-0.3, -0.25) is 14.6 Å². The summed E-state index contributed by atoms with van der Waals surface area (Å²) in [5, 5.41) is 5.62. The van der Waals surface area contributed by atoms with Crippen molar-refractivity contribution in [2.75, 3.05) is 6.54 Å². The maximum absolute atomic E-state index is 12.9. The van der Waals surface area contributed by atoms with Crippen LogP contribution in [0.5, 0.6) is 0 Å². The summed E-state index contributed by atoms with van der Waals surface area (Å²) in [4.78, 5) is 28.6. The molecule has 5 nitrogen and oxygen atoms in total. The molecule has 150 valence electrons. The number of hydrogen-bond acceptors (Lipinski definition) is 3. The minimum absolute atomic E-state index is 0.0607. The Bertz CT molecular complexity index is 825. The van der Waals surface area contributed by atoms with Crippen LogP contribution >= 0.6 is 0 Å². The monoisotopic (exact) mass is 389 g/mol. The first kappa shape index (κ1) is 21.5. The number of nitrogens with one attached hydrogen (secondary N) is 2. The van der Waals surface area contributed by atoms with Gasteiger partial charge in [-0.2, -0.15) is 0 Å². The van der Waals surface area contributed by atoms with Crippen molar-refractivity contribution in [3.05, 3.63) is 65.0 Å². The smallest absolute Gasteiger partial charge is 0.263 e. The number of alkyl halides is 2. The molecule has 2 amide bonds. The van der Waals surface area contributed by atoms with Crippen LogP contribution in [-0.2, 0) is 11.2 Å². The third kappa shape index (κ3) is 5.84. The highest BCUT2D eigenvalue weighted by molar-refractivity contribution is 5.95. The Morgan fingerprint density at radius 3 is 2.46 bits per heavy atom. The van der Waals surface area contributed by atoms with Gasteiger partial charge in [-0.05, 0) is 30.7 Å². The number of carbonyl (C=O) groups is 2. The molecule has 1 heterocycles. The Morgan fingerprint density at radius 1 is 1.07 bits per heavy atom. The Labute approximate surface area is 163 Å². The van der Waals surface area contributed by atoms with Gasteiger partial charge in [-0.25, -0.2) is 8.78 Å². The molecule has 7 heteroatoms. The summed E-state index contributed by atoms with van der Waals surface area (Å²) in [5.74, 6) is -0.515. The zero-order valence-electron chi connectivity index (χ0n) is 16.2. The van der Waals surface area contributed by atoms with Crippen LogP contribution < -0.4 is 10.6 Å². The number of benzene rings is 1. The summed E-state index contributed by atoms with van der Waals surface area (Å²) in [6.45, 7) is 5.72. The van der Waals surface area contributed by atoms with Gasteiger partial charge in [0.05, 0.1) is 17.3 Å². The van der Waals surface area contributed by atoms with Crippen molar-refractivity contribution in [1.82, 2.24) is 15.6 Å². The molecule has 2 aromatic rings. The second kappa shape index (κ2) is 9.92. The second-order valence-electron chi connectivity index (χ2n) is 6.86. The number of rotatable bonds is 8. The number of nitrogens with zero attached hydrogens (tertiary/aromatic N) is 1. The average Bonchev–Trinajstić information content (AvgIpc) is 2.68. The fourth-order valence-corrected chi connectivity index (χ4v) is 2.67. The molecule has 0 saturated heterocycles. The third-order valence-corrected chi connectivity index (χ3v) is 4.33. The van der Waals surface area contributed by atoms with E-state index in [9.17, 15) is 18.4 Å².